The van der Waals surface area contributed by atoms with E-state index in [2.05, 4.69) is 10.2 Å². The van der Waals surface area contributed by atoms with Crippen LogP contribution in [0.25, 0.3) is 0 Å². The average molecular weight is 212 g/mol. The molecule has 4 heteroatoms. The Morgan fingerprint density at radius 3 is 2.87 bits per heavy atom. The highest BCUT2D eigenvalue weighted by molar-refractivity contribution is 5.67. The average Bonchev–Trinajstić information content (AvgIpc) is 2.87. The molecule has 4 nitrogen and oxygen atoms in total. The first-order valence-corrected chi connectivity index (χ1v) is 5.87. The van der Waals surface area contributed by atoms with Crippen LogP contribution in [-0.4, -0.2) is 47.2 Å². The predicted molar refractivity (Wildman–Crippen MR) is 57.9 cm³/mol. The molecule has 0 aromatic rings. The summed E-state index contributed by atoms with van der Waals surface area (Å²) in [6, 6.07) is 1.43. The molecular weight excluding hydrogens is 192 g/mol. The van der Waals surface area contributed by atoms with Gasteiger partial charge in [0.2, 0.25) is 0 Å². The van der Waals surface area contributed by atoms with Crippen molar-refractivity contribution >= 4 is 5.97 Å². The molecule has 0 spiro atoms. The molecule has 0 aromatic carbocycles. The largest absolute Gasteiger partial charge is 0.481 e. The number of carboxylic acid groups (broad SMARTS) is 1. The molecule has 15 heavy (non-hydrogen) atoms. The summed E-state index contributed by atoms with van der Waals surface area (Å²) in [5.41, 5.74) is 0. The number of hydrogen-bond acceptors (Lipinski definition) is 3. The molecule has 1 aliphatic heterocycles. The molecular formula is C11H20N2O2. The van der Waals surface area contributed by atoms with E-state index < -0.39 is 5.97 Å². The Balaban J connectivity index is 1.69. The van der Waals surface area contributed by atoms with Gasteiger partial charge in [0, 0.05) is 31.2 Å². The molecule has 0 amide bonds. The number of aliphatic carboxylic acids is 1. The van der Waals surface area contributed by atoms with Crippen molar-refractivity contribution in [1.82, 2.24) is 10.2 Å². The quantitative estimate of drug-likeness (QED) is 0.703. The zero-order chi connectivity index (χ0) is 10.8. The van der Waals surface area contributed by atoms with Crippen LogP contribution in [0.5, 0.6) is 0 Å². The molecule has 2 unspecified atom stereocenters. The Morgan fingerprint density at radius 1 is 1.53 bits per heavy atom. The van der Waals surface area contributed by atoms with Crippen LogP contribution in [0, 0.1) is 0 Å². The van der Waals surface area contributed by atoms with Gasteiger partial charge in [-0.2, -0.15) is 0 Å². The number of carbonyl (C=O) groups is 1. The fraction of sp³-hybridized carbons (Fsp3) is 0.909. The fourth-order valence-corrected chi connectivity index (χ4v) is 2.42. The number of carboxylic acids is 1. The maximum atomic E-state index is 10.5. The third kappa shape index (κ3) is 3.18. The van der Waals surface area contributed by atoms with Crippen LogP contribution in [0.3, 0.4) is 0 Å². The lowest BCUT2D eigenvalue weighted by molar-refractivity contribution is -0.137. The highest BCUT2D eigenvalue weighted by Crippen LogP contribution is 2.29. The Labute approximate surface area is 90.6 Å². The van der Waals surface area contributed by atoms with Crippen LogP contribution in [0.1, 0.15) is 32.6 Å². The number of likely N-dealkylation sites (tertiary alicyclic amines) is 1. The maximum Gasteiger partial charge on any atom is 0.304 e. The van der Waals surface area contributed by atoms with Gasteiger partial charge in [0.05, 0.1) is 6.42 Å². The van der Waals surface area contributed by atoms with Crippen LogP contribution in [0.4, 0.5) is 0 Å². The summed E-state index contributed by atoms with van der Waals surface area (Å²) < 4.78 is 0. The van der Waals surface area contributed by atoms with E-state index in [1.807, 2.05) is 6.92 Å². The van der Waals surface area contributed by atoms with Crippen LogP contribution in [0.15, 0.2) is 0 Å². The molecule has 2 fully saturated rings. The van der Waals surface area contributed by atoms with Crippen molar-refractivity contribution in [2.45, 2.75) is 50.7 Å². The van der Waals surface area contributed by atoms with Crippen molar-refractivity contribution in [1.29, 1.82) is 0 Å². The van der Waals surface area contributed by atoms with E-state index in [1.54, 1.807) is 0 Å². The molecule has 86 valence electrons. The minimum Gasteiger partial charge on any atom is -0.481 e. The standard InChI is InChI=1S/C11H20N2O2/c1-8(6-11(14)15)12-9-4-5-13(7-9)10-2-3-10/h8-10,12H,2-7H2,1H3,(H,14,15). The summed E-state index contributed by atoms with van der Waals surface area (Å²) in [5, 5.41) is 12.1. The third-order valence-corrected chi connectivity index (χ3v) is 3.28. The van der Waals surface area contributed by atoms with E-state index >= 15 is 0 Å². The van der Waals surface area contributed by atoms with Gasteiger partial charge in [0.25, 0.3) is 0 Å². The van der Waals surface area contributed by atoms with Gasteiger partial charge in [-0.15, -0.1) is 0 Å². The van der Waals surface area contributed by atoms with Crippen LogP contribution in [-0.2, 0) is 4.79 Å². The van der Waals surface area contributed by atoms with Crippen LogP contribution >= 0.6 is 0 Å². The summed E-state index contributed by atoms with van der Waals surface area (Å²) >= 11 is 0. The Hall–Kier alpha value is -0.610. The van der Waals surface area contributed by atoms with Crippen molar-refractivity contribution in [3.8, 4) is 0 Å². The predicted octanol–water partition coefficient (Wildman–Crippen LogP) is 0.676. The Bertz CT molecular complexity index is 241. The first kappa shape index (κ1) is 10.9. The lowest BCUT2D eigenvalue weighted by Gasteiger charge is -2.19. The van der Waals surface area contributed by atoms with Gasteiger partial charge in [-0.05, 0) is 26.2 Å². The molecule has 1 saturated carbocycles. The smallest absolute Gasteiger partial charge is 0.304 e. The van der Waals surface area contributed by atoms with Crippen molar-refractivity contribution in [3.05, 3.63) is 0 Å². The maximum absolute atomic E-state index is 10.5. The van der Waals surface area contributed by atoms with E-state index in [0.29, 0.717) is 6.04 Å². The molecule has 2 aliphatic rings. The first-order valence-electron chi connectivity index (χ1n) is 5.87. The molecule has 2 atom stereocenters. The summed E-state index contributed by atoms with van der Waals surface area (Å²) in [4.78, 5) is 13.0. The van der Waals surface area contributed by atoms with Gasteiger partial charge in [-0.3, -0.25) is 9.69 Å². The number of rotatable bonds is 5. The van der Waals surface area contributed by atoms with Crippen molar-refractivity contribution < 1.29 is 9.90 Å². The second kappa shape index (κ2) is 4.49. The number of nitrogens with one attached hydrogen (secondary N) is 1. The van der Waals surface area contributed by atoms with Gasteiger partial charge < -0.3 is 10.4 Å². The molecule has 0 radical (unpaired) electrons. The minimum atomic E-state index is -0.716. The van der Waals surface area contributed by atoms with Gasteiger partial charge in [0.15, 0.2) is 0 Å². The highest BCUT2D eigenvalue weighted by Gasteiger charge is 2.34. The second-order valence-corrected chi connectivity index (χ2v) is 4.88. The molecule has 0 aromatic heterocycles. The van der Waals surface area contributed by atoms with Crippen LogP contribution in [0.2, 0.25) is 0 Å². The van der Waals surface area contributed by atoms with Crippen molar-refractivity contribution in [2.24, 2.45) is 0 Å². The molecule has 2 rings (SSSR count). The van der Waals surface area contributed by atoms with E-state index in [1.165, 1.54) is 25.8 Å². The zero-order valence-corrected chi connectivity index (χ0v) is 9.28. The molecule has 2 N–H and O–H groups in total. The SMILES string of the molecule is CC(CC(=O)O)NC1CCN(C2CC2)C1. The van der Waals surface area contributed by atoms with E-state index in [4.69, 9.17) is 5.11 Å². The lowest BCUT2D eigenvalue weighted by Crippen LogP contribution is -2.39. The summed E-state index contributed by atoms with van der Waals surface area (Å²) in [6.45, 7) is 4.24. The number of hydrogen-bond donors (Lipinski definition) is 2. The third-order valence-electron chi connectivity index (χ3n) is 3.28. The van der Waals surface area contributed by atoms with Gasteiger partial charge in [0.1, 0.15) is 0 Å². The monoisotopic (exact) mass is 212 g/mol. The normalized spacial score (nSPS) is 29.3. The van der Waals surface area contributed by atoms with Gasteiger partial charge >= 0.3 is 5.97 Å². The van der Waals surface area contributed by atoms with Crippen LogP contribution < -0.4 is 5.32 Å². The summed E-state index contributed by atoms with van der Waals surface area (Å²) in [5.74, 6) is -0.716. The van der Waals surface area contributed by atoms with Gasteiger partial charge in [-0.25, -0.2) is 0 Å². The number of nitrogens with zero attached hydrogens (tertiary/aromatic N) is 1. The first-order chi connectivity index (χ1) is 7.15. The summed E-state index contributed by atoms with van der Waals surface area (Å²) in [6.07, 6.45) is 4.11. The minimum absolute atomic E-state index is 0.0895. The lowest BCUT2D eigenvalue weighted by atomic mass is 10.2. The van der Waals surface area contributed by atoms with E-state index in [9.17, 15) is 4.79 Å². The Morgan fingerprint density at radius 2 is 2.27 bits per heavy atom. The second-order valence-electron chi connectivity index (χ2n) is 4.88. The molecule has 1 saturated heterocycles. The van der Waals surface area contributed by atoms with Gasteiger partial charge in [-0.1, -0.05) is 0 Å². The molecule has 0 bridgehead atoms. The highest BCUT2D eigenvalue weighted by atomic mass is 16.4. The fourth-order valence-electron chi connectivity index (χ4n) is 2.42. The summed E-state index contributed by atoms with van der Waals surface area (Å²) in [7, 11) is 0. The van der Waals surface area contributed by atoms with E-state index in [-0.39, 0.29) is 12.5 Å². The molecule has 1 heterocycles. The van der Waals surface area contributed by atoms with Crippen molar-refractivity contribution in [2.75, 3.05) is 13.1 Å². The zero-order valence-electron chi connectivity index (χ0n) is 9.28. The van der Waals surface area contributed by atoms with Crippen molar-refractivity contribution in [3.63, 3.8) is 0 Å². The van der Waals surface area contributed by atoms with E-state index in [0.717, 1.165) is 12.6 Å². The molecule has 1 aliphatic carbocycles. The topological polar surface area (TPSA) is 52.6 Å². The Kier molecular flexibility index (Phi) is 3.26.